The number of aromatic nitrogens is 2. The highest BCUT2D eigenvalue weighted by molar-refractivity contribution is 5.86. The van der Waals surface area contributed by atoms with Crippen molar-refractivity contribution < 1.29 is 9.53 Å². The zero-order chi connectivity index (χ0) is 8.97. The summed E-state index contributed by atoms with van der Waals surface area (Å²) in [6, 6.07) is 0. The predicted molar refractivity (Wildman–Crippen MR) is 43.2 cm³/mol. The Balaban J connectivity index is 2.37. The quantitative estimate of drug-likeness (QED) is 0.539. The molecule has 0 aliphatic rings. The molecule has 4 heteroatoms. The molecule has 0 aromatic carbocycles. The van der Waals surface area contributed by atoms with Gasteiger partial charge in [-0.2, -0.15) is 0 Å². The van der Waals surface area contributed by atoms with Gasteiger partial charge in [0, 0.05) is 18.0 Å². The summed E-state index contributed by atoms with van der Waals surface area (Å²) in [5.74, 6) is 0.232. The molecule has 0 saturated carbocycles. The molecule has 1 aromatic rings. The maximum absolute atomic E-state index is 10.9. The zero-order valence-electron chi connectivity index (χ0n) is 6.83. The van der Waals surface area contributed by atoms with Crippen LogP contribution in [0.1, 0.15) is 12.7 Å². The first kappa shape index (κ1) is 8.52. The third kappa shape index (κ3) is 2.23. The monoisotopic (exact) mass is 166 g/mol. The first-order valence-corrected chi connectivity index (χ1v) is 3.51. The van der Waals surface area contributed by atoms with Crippen LogP contribution in [0.2, 0.25) is 0 Å². The van der Waals surface area contributed by atoms with Gasteiger partial charge in [-0.25, -0.2) is 9.78 Å². The Morgan fingerprint density at radius 2 is 2.58 bits per heavy atom. The van der Waals surface area contributed by atoms with Crippen LogP contribution in [0.25, 0.3) is 0 Å². The number of carbonyl (C=O) groups is 1. The van der Waals surface area contributed by atoms with Crippen LogP contribution < -0.4 is 0 Å². The van der Waals surface area contributed by atoms with E-state index in [9.17, 15) is 4.79 Å². The van der Waals surface area contributed by atoms with Gasteiger partial charge in [0.2, 0.25) is 0 Å². The maximum atomic E-state index is 10.9. The lowest BCUT2D eigenvalue weighted by molar-refractivity contribution is -0.140. The smallest absolute Gasteiger partial charge is 0.333 e. The van der Waals surface area contributed by atoms with Crippen LogP contribution in [0.15, 0.2) is 24.5 Å². The van der Waals surface area contributed by atoms with Crippen molar-refractivity contribution >= 4 is 5.97 Å². The summed E-state index contributed by atoms with van der Waals surface area (Å²) in [7, 11) is 0. The third-order valence-electron chi connectivity index (χ3n) is 1.24. The number of nitrogens with one attached hydrogen (secondary N) is 1. The largest absolute Gasteiger partial charge is 0.454 e. The normalized spacial score (nSPS) is 9.42. The molecule has 64 valence electrons. The van der Waals surface area contributed by atoms with Crippen molar-refractivity contribution in [2.75, 3.05) is 0 Å². The minimum absolute atomic E-state index is 0.165. The van der Waals surface area contributed by atoms with Crippen LogP contribution in [0, 0.1) is 0 Å². The number of hydrogen-bond donors (Lipinski definition) is 1. The SMILES string of the molecule is C=C(C)C(=O)OCc1ncc[nH]1. The fourth-order valence-electron chi connectivity index (χ4n) is 0.634. The van der Waals surface area contributed by atoms with Crippen LogP contribution in [0.3, 0.4) is 0 Å². The number of carbonyl (C=O) groups excluding carboxylic acids is 1. The van der Waals surface area contributed by atoms with Crippen LogP contribution in [0.4, 0.5) is 0 Å². The molecular weight excluding hydrogens is 156 g/mol. The lowest BCUT2D eigenvalue weighted by atomic mass is 10.4. The van der Waals surface area contributed by atoms with Gasteiger partial charge >= 0.3 is 5.97 Å². The molecule has 0 radical (unpaired) electrons. The molecule has 4 nitrogen and oxygen atoms in total. The Labute approximate surface area is 70.3 Å². The van der Waals surface area contributed by atoms with Crippen molar-refractivity contribution in [1.29, 1.82) is 0 Å². The summed E-state index contributed by atoms with van der Waals surface area (Å²) in [6.07, 6.45) is 3.27. The van der Waals surface area contributed by atoms with Gasteiger partial charge in [-0.15, -0.1) is 0 Å². The van der Waals surface area contributed by atoms with Crippen molar-refractivity contribution in [2.24, 2.45) is 0 Å². The second kappa shape index (κ2) is 3.71. The van der Waals surface area contributed by atoms with Crippen molar-refractivity contribution in [3.05, 3.63) is 30.4 Å². The summed E-state index contributed by atoms with van der Waals surface area (Å²) in [5, 5.41) is 0. The standard InChI is InChI=1S/C8H10N2O2/c1-6(2)8(11)12-5-7-9-3-4-10-7/h3-4H,1,5H2,2H3,(H,9,10). The molecule has 0 aliphatic heterocycles. The number of rotatable bonds is 3. The van der Waals surface area contributed by atoms with Gasteiger partial charge in [0.05, 0.1) is 0 Å². The topological polar surface area (TPSA) is 55.0 Å². The third-order valence-corrected chi connectivity index (χ3v) is 1.24. The number of ether oxygens (including phenoxy) is 1. The molecule has 0 bridgehead atoms. The summed E-state index contributed by atoms with van der Waals surface area (Å²) in [4.78, 5) is 17.6. The average molecular weight is 166 g/mol. The van der Waals surface area contributed by atoms with E-state index in [0.29, 0.717) is 11.4 Å². The highest BCUT2D eigenvalue weighted by Gasteiger charge is 2.03. The van der Waals surface area contributed by atoms with E-state index in [-0.39, 0.29) is 6.61 Å². The molecule has 1 rings (SSSR count). The van der Waals surface area contributed by atoms with Gasteiger partial charge in [0.25, 0.3) is 0 Å². The van der Waals surface area contributed by atoms with E-state index in [1.165, 1.54) is 0 Å². The summed E-state index contributed by atoms with van der Waals surface area (Å²) < 4.78 is 4.82. The minimum Gasteiger partial charge on any atom is -0.454 e. The van der Waals surface area contributed by atoms with Crippen LogP contribution >= 0.6 is 0 Å². The number of H-pyrrole nitrogens is 1. The molecule has 0 unspecified atom stereocenters. The molecule has 0 saturated heterocycles. The van der Waals surface area contributed by atoms with E-state index >= 15 is 0 Å². The average Bonchev–Trinajstić information content (AvgIpc) is 2.51. The highest BCUT2D eigenvalue weighted by atomic mass is 16.5. The highest BCUT2D eigenvalue weighted by Crippen LogP contribution is 1.97. The van der Waals surface area contributed by atoms with Crippen molar-refractivity contribution in [1.82, 2.24) is 9.97 Å². The first-order valence-electron chi connectivity index (χ1n) is 3.51. The molecule has 0 aliphatic carbocycles. The van der Waals surface area contributed by atoms with E-state index in [4.69, 9.17) is 4.74 Å². The summed E-state index contributed by atoms with van der Waals surface area (Å²) in [5.41, 5.74) is 0.390. The molecule has 0 amide bonds. The molecule has 0 atom stereocenters. The van der Waals surface area contributed by atoms with Crippen LogP contribution in [-0.4, -0.2) is 15.9 Å². The van der Waals surface area contributed by atoms with Gasteiger partial charge < -0.3 is 9.72 Å². The molecule has 12 heavy (non-hydrogen) atoms. The lowest BCUT2D eigenvalue weighted by Crippen LogP contribution is -2.05. The Kier molecular flexibility index (Phi) is 2.63. The van der Waals surface area contributed by atoms with E-state index < -0.39 is 5.97 Å². The lowest BCUT2D eigenvalue weighted by Gasteiger charge is -2.00. The second-order valence-corrected chi connectivity index (χ2v) is 2.39. The number of imidazole rings is 1. The fourth-order valence-corrected chi connectivity index (χ4v) is 0.634. The Bertz CT molecular complexity index is 277. The van der Waals surface area contributed by atoms with E-state index in [1.54, 1.807) is 19.3 Å². The molecule has 0 spiro atoms. The van der Waals surface area contributed by atoms with E-state index in [1.807, 2.05) is 0 Å². The Morgan fingerprint density at radius 3 is 3.08 bits per heavy atom. The number of esters is 1. The number of nitrogens with zero attached hydrogens (tertiary/aromatic N) is 1. The van der Waals surface area contributed by atoms with Gasteiger partial charge in [-0.3, -0.25) is 0 Å². The van der Waals surface area contributed by atoms with Gasteiger partial charge in [-0.05, 0) is 6.92 Å². The van der Waals surface area contributed by atoms with Crippen LogP contribution in [-0.2, 0) is 16.1 Å². The summed E-state index contributed by atoms with van der Waals surface area (Å²) >= 11 is 0. The molecule has 1 N–H and O–H groups in total. The molecule has 1 heterocycles. The van der Waals surface area contributed by atoms with Crippen molar-refractivity contribution in [3.8, 4) is 0 Å². The second-order valence-electron chi connectivity index (χ2n) is 2.39. The molecule has 1 aromatic heterocycles. The fraction of sp³-hybridized carbons (Fsp3) is 0.250. The molecule has 0 fully saturated rings. The zero-order valence-corrected chi connectivity index (χ0v) is 6.83. The van der Waals surface area contributed by atoms with Crippen LogP contribution in [0.5, 0.6) is 0 Å². The Hall–Kier alpha value is -1.58. The van der Waals surface area contributed by atoms with E-state index in [0.717, 1.165) is 0 Å². The number of hydrogen-bond acceptors (Lipinski definition) is 3. The van der Waals surface area contributed by atoms with E-state index in [2.05, 4.69) is 16.5 Å². The first-order chi connectivity index (χ1) is 5.70. The Morgan fingerprint density at radius 1 is 1.83 bits per heavy atom. The van der Waals surface area contributed by atoms with Gasteiger partial charge in [0.1, 0.15) is 12.4 Å². The van der Waals surface area contributed by atoms with Crippen molar-refractivity contribution in [3.63, 3.8) is 0 Å². The van der Waals surface area contributed by atoms with Crippen molar-refractivity contribution in [2.45, 2.75) is 13.5 Å². The van der Waals surface area contributed by atoms with Gasteiger partial charge in [-0.1, -0.05) is 6.58 Å². The summed E-state index contributed by atoms with van der Waals surface area (Å²) in [6.45, 7) is 5.22. The molecular formula is C8H10N2O2. The minimum atomic E-state index is -0.397. The van der Waals surface area contributed by atoms with Gasteiger partial charge in [0.15, 0.2) is 0 Å². The number of aromatic amines is 1. The maximum Gasteiger partial charge on any atom is 0.333 e. The predicted octanol–water partition coefficient (Wildman–Crippen LogP) is 1.03.